The number of fused-ring (bicyclic) bond motifs is 1. The summed E-state index contributed by atoms with van der Waals surface area (Å²) in [5, 5.41) is 4.25. The topological polar surface area (TPSA) is 52.2 Å². The molecule has 4 aromatic rings. The first-order valence-electron chi connectivity index (χ1n) is 9.85. The van der Waals surface area contributed by atoms with Crippen LogP contribution in [0.3, 0.4) is 0 Å². The lowest BCUT2D eigenvalue weighted by atomic mass is 10.1. The molecule has 2 aromatic carbocycles. The predicted molar refractivity (Wildman–Crippen MR) is 117 cm³/mol. The van der Waals surface area contributed by atoms with Gasteiger partial charge < -0.3 is 9.88 Å². The summed E-state index contributed by atoms with van der Waals surface area (Å²) >= 11 is 1.71. The number of thiazole rings is 1. The van der Waals surface area contributed by atoms with Gasteiger partial charge in [0.2, 0.25) is 0 Å². The highest BCUT2D eigenvalue weighted by molar-refractivity contribution is 7.09. The zero-order valence-corrected chi connectivity index (χ0v) is 16.9. The van der Waals surface area contributed by atoms with Gasteiger partial charge in [0.15, 0.2) is 0 Å². The Bertz CT molecular complexity index is 1130. The molecule has 0 bridgehead atoms. The maximum absolute atomic E-state index is 13.0. The number of nitrogens with zero attached hydrogens (tertiary/aromatic N) is 3. The number of rotatable bonds is 4. The number of aromatic nitrogens is 2. The number of amides is 1. The van der Waals surface area contributed by atoms with E-state index in [0.29, 0.717) is 0 Å². The van der Waals surface area contributed by atoms with Crippen LogP contribution in [0.4, 0.5) is 0 Å². The van der Waals surface area contributed by atoms with E-state index in [2.05, 4.69) is 27.4 Å². The molecule has 0 aliphatic carbocycles. The van der Waals surface area contributed by atoms with E-state index in [0.717, 1.165) is 65.5 Å². The number of hydrogen-bond acceptors (Lipinski definition) is 4. The highest BCUT2D eigenvalue weighted by Gasteiger charge is 2.24. The minimum Gasteiger partial charge on any atom is -0.360 e. The summed E-state index contributed by atoms with van der Waals surface area (Å²) in [7, 11) is 0. The van der Waals surface area contributed by atoms with Crippen molar-refractivity contribution in [1.82, 2.24) is 19.8 Å². The van der Waals surface area contributed by atoms with Gasteiger partial charge in [-0.3, -0.25) is 9.69 Å². The number of carbonyl (C=O) groups excluding carboxylic acids is 1. The molecule has 0 spiro atoms. The van der Waals surface area contributed by atoms with E-state index < -0.39 is 0 Å². The van der Waals surface area contributed by atoms with E-state index in [1.54, 1.807) is 11.3 Å². The molecule has 29 heavy (non-hydrogen) atoms. The van der Waals surface area contributed by atoms with Crippen molar-refractivity contribution in [2.45, 2.75) is 6.54 Å². The van der Waals surface area contributed by atoms with Crippen LogP contribution >= 0.6 is 11.3 Å². The number of H-pyrrole nitrogens is 1. The van der Waals surface area contributed by atoms with Gasteiger partial charge in [0.05, 0.1) is 17.8 Å². The van der Waals surface area contributed by atoms with Gasteiger partial charge in [-0.2, -0.15) is 0 Å². The number of nitrogens with one attached hydrogen (secondary N) is 1. The minimum absolute atomic E-state index is 0.114. The molecule has 0 saturated carbocycles. The zero-order chi connectivity index (χ0) is 19.6. The van der Waals surface area contributed by atoms with Crippen LogP contribution in [0.2, 0.25) is 0 Å². The highest BCUT2D eigenvalue weighted by atomic mass is 32.1. The Morgan fingerprint density at radius 3 is 2.59 bits per heavy atom. The number of hydrogen-bond donors (Lipinski definition) is 1. The Labute approximate surface area is 173 Å². The lowest BCUT2D eigenvalue weighted by molar-refractivity contribution is 0.0630. The van der Waals surface area contributed by atoms with Gasteiger partial charge in [-0.1, -0.05) is 48.5 Å². The van der Waals surface area contributed by atoms with E-state index in [4.69, 9.17) is 4.98 Å². The molecule has 1 fully saturated rings. The molecule has 1 aliphatic heterocycles. The summed E-state index contributed by atoms with van der Waals surface area (Å²) in [5.74, 6) is 0.114. The number of aromatic amines is 1. The minimum atomic E-state index is 0.114. The Kier molecular flexibility index (Phi) is 4.87. The first-order chi connectivity index (χ1) is 14.3. The van der Waals surface area contributed by atoms with Crippen molar-refractivity contribution in [1.29, 1.82) is 0 Å². The second kappa shape index (κ2) is 7.81. The fourth-order valence-electron chi connectivity index (χ4n) is 3.84. The van der Waals surface area contributed by atoms with E-state index >= 15 is 0 Å². The summed E-state index contributed by atoms with van der Waals surface area (Å²) in [6.45, 7) is 4.07. The van der Waals surface area contributed by atoms with Gasteiger partial charge in [-0.05, 0) is 6.07 Å². The van der Waals surface area contributed by atoms with Crippen molar-refractivity contribution in [3.8, 4) is 11.3 Å². The first-order valence-corrected chi connectivity index (χ1v) is 10.7. The highest BCUT2D eigenvalue weighted by Crippen LogP contribution is 2.23. The van der Waals surface area contributed by atoms with Gasteiger partial charge in [-0.25, -0.2) is 4.98 Å². The molecular formula is C23H22N4OS. The molecule has 0 unspecified atom stereocenters. The molecule has 1 saturated heterocycles. The fourth-order valence-corrected chi connectivity index (χ4v) is 4.69. The molecule has 0 radical (unpaired) electrons. The van der Waals surface area contributed by atoms with Gasteiger partial charge in [0.1, 0.15) is 5.01 Å². The Balaban J connectivity index is 1.21. The van der Waals surface area contributed by atoms with Crippen LogP contribution in [0.15, 0.2) is 66.2 Å². The normalized spacial score (nSPS) is 15.1. The quantitative estimate of drug-likeness (QED) is 0.555. The van der Waals surface area contributed by atoms with Gasteiger partial charge >= 0.3 is 0 Å². The lowest BCUT2D eigenvalue weighted by Crippen LogP contribution is -2.48. The molecule has 3 heterocycles. The molecule has 5 rings (SSSR count). The third-order valence-electron chi connectivity index (χ3n) is 5.46. The summed E-state index contributed by atoms with van der Waals surface area (Å²) in [6, 6.07) is 18.2. The Hall–Kier alpha value is -2.96. The molecular weight excluding hydrogens is 380 g/mol. The largest absolute Gasteiger partial charge is 0.360 e. The van der Waals surface area contributed by atoms with Gasteiger partial charge in [0, 0.05) is 54.2 Å². The van der Waals surface area contributed by atoms with Crippen LogP contribution in [0.5, 0.6) is 0 Å². The first kappa shape index (κ1) is 18.1. The zero-order valence-electron chi connectivity index (χ0n) is 16.0. The third kappa shape index (κ3) is 3.69. The molecule has 6 heteroatoms. The smallest absolute Gasteiger partial charge is 0.256 e. The van der Waals surface area contributed by atoms with Crippen molar-refractivity contribution >= 4 is 28.1 Å². The molecule has 1 aliphatic rings. The molecule has 146 valence electrons. The maximum atomic E-state index is 13.0. The molecule has 5 nitrogen and oxygen atoms in total. The third-order valence-corrected chi connectivity index (χ3v) is 6.29. The number of piperazine rings is 1. The van der Waals surface area contributed by atoms with Crippen LogP contribution in [-0.4, -0.2) is 51.9 Å². The van der Waals surface area contributed by atoms with Crippen LogP contribution in [0.25, 0.3) is 22.2 Å². The second-order valence-corrected chi connectivity index (χ2v) is 8.25. The average Bonchev–Trinajstić information content (AvgIpc) is 3.42. The molecule has 1 N–H and O–H groups in total. The van der Waals surface area contributed by atoms with Crippen LogP contribution < -0.4 is 0 Å². The second-order valence-electron chi connectivity index (χ2n) is 7.31. The van der Waals surface area contributed by atoms with E-state index in [-0.39, 0.29) is 5.91 Å². The number of para-hydroxylation sites is 1. The Morgan fingerprint density at radius 1 is 1.00 bits per heavy atom. The monoisotopic (exact) mass is 402 g/mol. The summed E-state index contributed by atoms with van der Waals surface area (Å²) in [5.41, 5.74) is 3.97. The van der Waals surface area contributed by atoms with Gasteiger partial charge in [-0.15, -0.1) is 11.3 Å². The van der Waals surface area contributed by atoms with E-state index in [1.165, 1.54) is 0 Å². The summed E-state index contributed by atoms with van der Waals surface area (Å²) in [4.78, 5) is 25.3. The van der Waals surface area contributed by atoms with Crippen molar-refractivity contribution in [2.75, 3.05) is 26.2 Å². The Morgan fingerprint density at radius 2 is 1.76 bits per heavy atom. The molecule has 2 aromatic heterocycles. The average molecular weight is 403 g/mol. The summed E-state index contributed by atoms with van der Waals surface area (Å²) < 4.78 is 0. The molecule has 0 atom stereocenters. The SMILES string of the molecule is O=C(c1c[nH]c2ccccc12)N1CCN(Cc2nc(-c3ccccc3)cs2)CC1. The number of carbonyl (C=O) groups is 1. The molecule has 1 amide bonds. The van der Waals surface area contributed by atoms with E-state index in [9.17, 15) is 4.79 Å². The standard InChI is InChI=1S/C23H22N4OS/c28-23(19-14-24-20-9-5-4-8-18(19)20)27-12-10-26(11-13-27)15-22-25-21(16-29-22)17-6-2-1-3-7-17/h1-9,14,16,24H,10-13,15H2. The predicted octanol–water partition coefficient (Wildman–Crippen LogP) is 4.25. The van der Waals surface area contributed by atoms with Crippen molar-refractivity contribution in [3.05, 3.63) is 76.7 Å². The van der Waals surface area contributed by atoms with Crippen molar-refractivity contribution < 1.29 is 4.79 Å². The lowest BCUT2D eigenvalue weighted by Gasteiger charge is -2.34. The van der Waals surface area contributed by atoms with Crippen molar-refractivity contribution in [2.24, 2.45) is 0 Å². The van der Waals surface area contributed by atoms with Crippen LogP contribution in [0.1, 0.15) is 15.4 Å². The number of benzene rings is 2. The van der Waals surface area contributed by atoms with Crippen molar-refractivity contribution in [3.63, 3.8) is 0 Å². The van der Waals surface area contributed by atoms with Crippen LogP contribution in [0, 0.1) is 0 Å². The fraction of sp³-hybridized carbons (Fsp3) is 0.217. The van der Waals surface area contributed by atoms with E-state index in [1.807, 2.05) is 53.6 Å². The summed E-state index contributed by atoms with van der Waals surface area (Å²) in [6.07, 6.45) is 1.83. The van der Waals surface area contributed by atoms with Gasteiger partial charge in [0.25, 0.3) is 5.91 Å². The maximum Gasteiger partial charge on any atom is 0.256 e. The van der Waals surface area contributed by atoms with Crippen LogP contribution in [-0.2, 0) is 6.54 Å².